The van der Waals surface area contributed by atoms with Gasteiger partial charge < -0.3 is 15.2 Å². The Kier molecular flexibility index (Phi) is 4.57. The second-order valence-electron chi connectivity index (χ2n) is 4.72. The van der Waals surface area contributed by atoms with E-state index in [1.807, 2.05) is 0 Å². The van der Waals surface area contributed by atoms with Gasteiger partial charge in [-0.2, -0.15) is 0 Å². The number of carboxylic acid groups (broad SMARTS) is 1. The maximum Gasteiger partial charge on any atom is 0.307 e. The third-order valence-electron chi connectivity index (χ3n) is 3.43. The number of nitrogens with one attached hydrogen (secondary N) is 1. The van der Waals surface area contributed by atoms with Gasteiger partial charge >= 0.3 is 5.97 Å². The minimum Gasteiger partial charge on any atom is -0.481 e. The van der Waals surface area contributed by atoms with Crippen LogP contribution in [0.4, 0.5) is 8.78 Å². The second-order valence-corrected chi connectivity index (χ2v) is 5.13. The van der Waals surface area contributed by atoms with Gasteiger partial charge in [-0.1, -0.05) is 11.6 Å². The Labute approximate surface area is 119 Å². The van der Waals surface area contributed by atoms with Crippen molar-refractivity contribution in [3.63, 3.8) is 0 Å². The summed E-state index contributed by atoms with van der Waals surface area (Å²) in [6.07, 6.45) is 0.200. The van der Waals surface area contributed by atoms with E-state index in [-0.39, 0.29) is 35.7 Å². The van der Waals surface area contributed by atoms with Crippen LogP contribution in [0.1, 0.15) is 23.6 Å². The van der Waals surface area contributed by atoms with Crippen molar-refractivity contribution >= 4 is 17.6 Å². The van der Waals surface area contributed by atoms with Crippen molar-refractivity contribution in [1.29, 1.82) is 0 Å². The average molecular weight is 306 g/mol. The predicted molar refractivity (Wildman–Crippen MR) is 68.6 cm³/mol. The molecule has 0 bridgehead atoms. The van der Waals surface area contributed by atoms with Crippen molar-refractivity contribution in [3.05, 3.63) is 33.9 Å². The van der Waals surface area contributed by atoms with Gasteiger partial charge in [0.1, 0.15) is 0 Å². The Morgan fingerprint density at radius 2 is 2.25 bits per heavy atom. The summed E-state index contributed by atoms with van der Waals surface area (Å²) in [5.41, 5.74) is 0.0132. The third kappa shape index (κ3) is 2.77. The molecule has 2 rings (SSSR count). The van der Waals surface area contributed by atoms with Gasteiger partial charge in [0.2, 0.25) is 0 Å². The van der Waals surface area contributed by atoms with Crippen LogP contribution in [0, 0.1) is 17.6 Å². The van der Waals surface area contributed by atoms with Gasteiger partial charge in [-0.15, -0.1) is 0 Å². The molecule has 20 heavy (non-hydrogen) atoms. The van der Waals surface area contributed by atoms with Crippen LogP contribution in [0.5, 0.6) is 0 Å². The molecule has 1 fully saturated rings. The van der Waals surface area contributed by atoms with Crippen LogP contribution < -0.4 is 5.32 Å². The minimum absolute atomic E-state index is 0.0387. The fourth-order valence-electron chi connectivity index (χ4n) is 2.34. The molecule has 0 aliphatic carbocycles. The Hall–Kier alpha value is -1.24. The van der Waals surface area contributed by atoms with Gasteiger partial charge in [0.05, 0.1) is 12.5 Å². The summed E-state index contributed by atoms with van der Waals surface area (Å²) in [5.74, 6) is -3.62. The number of ether oxygens (including phenoxy) is 1. The number of carbonyl (C=O) groups is 1. The molecular weight excluding hydrogens is 292 g/mol. The van der Waals surface area contributed by atoms with Crippen molar-refractivity contribution in [2.45, 2.75) is 19.1 Å². The van der Waals surface area contributed by atoms with Crippen LogP contribution in [0.2, 0.25) is 5.02 Å². The van der Waals surface area contributed by atoms with Gasteiger partial charge in [-0.05, 0) is 12.5 Å². The predicted octanol–water partition coefficient (Wildman–Crippen LogP) is 2.50. The first kappa shape index (κ1) is 15.2. The monoisotopic (exact) mass is 305 g/mol. The molecule has 2 unspecified atom stereocenters. The normalized spacial score (nSPS) is 22.2. The van der Waals surface area contributed by atoms with Crippen molar-refractivity contribution in [2.24, 2.45) is 5.92 Å². The molecule has 0 saturated carbocycles. The molecule has 0 radical (unpaired) electrons. The van der Waals surface area contributed by atoms with E-state index in [1.54, 1.807) is 0 Å². The Morgan fingerprint density at radius 3 is 2.80 bits per heavy atom. The van der Waals surface area contributed by atoms with Crippen molar-refractivity contribution in [1.82, 2.24) is 5.32 Å². The molecule has 1 aliphatic heterocycles. The van der Waals surface area contributed by atoms with E-state index in [4.69, 9.17) is 21.4 Å². The molecule has 2 N–H and O–H groups in total. The number of rotatable bonds is 4. The lowest BCUT2D eigenvalue weighted by molar-refractivity contribution is -0.141. The minimum atomic E-state index is -1.05. The van der Waals surface area contributed by atoms with Crippen LogP contribution in [-0.4, -0.2) is 24.7 Å². The number of hydrogen-bond acceptors (Lipinski definition) is 3. The summed E-state index contributed by atoms with van der Waals surface area (Å²) in [5, 5.41) is 11.9. The lowest BCUT2D eigenvalue weighted by Crippen LogP contribution is -2.18. The molecule has 0 aromatic heterocycles. The number of halogens is 3. The van der Waals surface area contributed by atoms with E-state index in [9.17, 15) is 13.6 Å². The largest absolute Gasteiger partial charge is 0.481 e. The average Bonchev–Trinajstić information content (AvgIpc) is 2.88. The van der Waals surface area contributed by atoms with E-state index in [0.717, 1.165) is 0 Å². The summed E-state index contributed by atoms with van der Waals surface area (Å²) >= 11 is 5.93. The molecule has 1 aromatic rings. The standard InChI is InChI=1S/C13H14ClF2NO3/c1-20-5-8-9(14)3-7(11(15)12(8)16)10-2-6(4-17-10)13(18)19/h3,6,10,17H,2,4-5H2,1H3,(H,18,19). The van der Waals surface area contributed by atoms with Gasteiger partial charge in [-0.3, -0.25) is 4.79 Å². The van der Waals surface area contributed by atoms with E-state index < -0.39 is 29.6 Å². The van der Waals surface area contributed by atoms with Crippen molar-refractivity contribution < 1.29 is 23.4 Å². The number of aliphatic carboxylic acids is 1. The van der Waals surface area contributed by atoms with E-state index in [2.05, 4.69) is 5.32 Å². The van der Waals surface area contributed by atoms with Crippen LogP contribution in [0.3, 0.4) is 0 Å². The molecule has 0 spiro atoms. The Balaban J connectivity index is 2.32. The smallest absolute Gasteiger partial charge is 0.307 e. The summed E-state index contributed by atoms with van der Waals surface area (Å²) in [6, 6.07) is 0.774. The van der Waals surface area contributed by atoms with Crippen LogP contribution >= 0.6 is 11.6 Å². The topological polar surface area (TPSA) is 58.6 Å². The summed E-state index contributed by atoms with van der Waals surface area (Å²) < 4.78 is 32.8. The molecule has 1 aliphatic rings. The van der Waals surface area contributed by atoms with Crippen molar-refractivity contribution in [2.75, 3.05) is 13.7 Å². The second kappa shape index (κ2) is 6.03. The first-order valence-corrected chi connectivity index (χ1v) is 6.44. The lowest BCUT2D eigenvalue weighted by atomic mass is 9.98. The zero-order valence-electron chi connectivity index (χ0n) is 10.8. The zero-order chi connectivity index (χ0) is 14.9. The maximum absolute atomic E-state index is 14.1. The quantitative estimate of drug-likeness (QED) is 0.839. The fourth-order valence-corrected chi connectivity index (χ4v) is 2.60. The highest BCUT2D eigenvalue weighted by atomic mass is 35.5. The molecule has 0 amide bonds. The molecule has 1 aromatic carbocycles. The van der Waals surface area contributed by atoms with E-state index in [1.165, 1.54) is 13.2 Å². The van der Waals surface area contributed by atoms with Crippen molar-refractivity contribution in [3.8, 4) is 0 Å². The maximum atomic E-state index is 14.1. The van der Waals surface area contributed by atoms with Gasteiger partial charge in [0.25, 0.3) is 0 Å². The number of benzene rings is 1. The first-order valence-electron chi connectivity index (χ1n) is 6.07. The van der Waals surface area contributed by atoms with Gasteiger partial charge in [0.15, 0.2) is 11.6 Å². The van der Waals surface area contributed by atoms with E-state index >= 15 is 0 Å². The molecule has 4 nitrogen and oxygen atoms in total. The highest BCUT2D eigenvalue weighted by Gasteiger charge is 2.33. The zero-order valence-corrected chi connectivity index (χ0v) is 11.5. The number of carboxylic acids is 1. The van der Waals surface area contributed by atoms with Crippen LogP contribution in [0.15, 0.2) is 6.07 Å². The summed E-state index contributed by atoms with van der Waals surface area (Å²) in [4.78, 5) is 10.9. The SMILES string of the molecule is COCc1c(Cl)cc(C2CC(C(=O)O)CN2)c(F)c1F. The Morgan fingerprint density at radius 1 is 1.55 bits per heavy atom. The molecular formula is C13H14ClF2NO3. The van der Waals surface area contributed by atoms with Gasteiger partial charge in [0, 0.05) is 35.8 Å². The lowest BCUT2D eigenvalue weighted by Gasteiger charge is -2.15. The Bertz CT molecular complexity index is 539. The summed E-state index contributed by atoms with van der Waals surface area (Å²) in [6.45, 7) is 0.0935. The fraction of sp³-hybridized carbons (Fsp3) is 0.462. The molecule has 7 heteroatoms. The van der Waals surface area contributed by atoms with Gasteiger partial charge in [-0.25, -0.2) is 8.78 Å². The molecule has 110 valence electrons. The van der Waals surface area contributed by atoms with Crippen LogP contribution in [-0.2, 0) is 16.1 Å². The third-order valence-corrected chi connectivity index (χ3v) is 3.76. The number of methoxy groups -OCH3 is 1. The van der Waals surface area contributed by atoms with Crippen LogP contribution in [0.25, 0.3) is 0 Å². The first-order chi connectivity index (χ1) is 9.45. The molecule has 1 saturated heterocycles. The highest BCUT2D eigenvalue weighted by Crippen LogP contribution is 2.34. The molecule has 1 heterocycles. The summed E-state index contributed by atoms with van der Waals surface area (Å²) in [7, 11) is 1.36. The number of hydrogen-bond donors (Lipinski definition) is 2. The highest BCUT2D eigenvalue weighted by molar-refractivity contribution is 6.31. The van der Waals surface area contributed by atoms with E-state index in [0.29, 0.717) is 0 Å². The molecule has 2 atom stereocenters.